The van der Waals surface area contributed by atoms with E-state index in [0.29, 0.717) is 5.92 Å². The van der Waals surface area contributed by atoms with Crippen LogP contribution < -0.4 is 0 Å². The van der Waals surface area contributed by atoms with E-state index in [4.69, 9.17) is 4.74 Å². The summed E-state index contributed by atoms with van der Waals surface area (Å²) < 4.78 is 5.01. The van der Waals surface area contributed by atoms with Crippen molar-refractivity contribution in [1.82, 2.24) is 0 Å². The van der Waals surface area contributed by atoms with Crippen molar-refractivity contribution in [1.29, 1.82) is 0 Å². The first-order chi connectivity index (χ1) is 7.13. The van der Waals surface area contributed by atoms with E-state index in [1.54, 1.807) is 7.11 Å². The van der Waals surface area contributed by atoms with Gasteiger partial charge in [0.25, 0.3) is 0 Å². The average molecular weight is 214 g/mol. The smallest absolute Gasteiger partial charge is 0.0569 e. The van der Waals surface area contributed by atoms with E-state index < -0.39 is 0 Å². The zero-order valence-corrected chi connectivity index (χ0v) is 10.4. The van der Waals surface area contributed by atoms with Gasteiger partial charge in [-0.05, 0) is 49.9 Å². The number of rotatable bonds is 5. The Labute approximate surface area is 94.0 Å². The van der Waals surface area contributed by atoms with Crippen LogP contribution in [0.1, 0.15) is 46.0 Å². The van der Waals surface area contributed by atoms with Gasteiger partial charge in [0.05, 0.1) is 6.10 Å². The molecule has 0 amide bonds. The molecule has 3 unspecified atom stereocenters. The van der Waals surface area contributed by atoms with E-state index in [1.165, 1.54) is 19.3 Å². The number of hydrogen-bond acceptors (Lipinski definition) is 2. The van der Waals surface area contributed by atoms with Crippen molar-refractivity contribution in [3.63, 3.8) is 0 Å². The lowest BCUT2D eigenvalue weighted by molar-refractivity contribution is 0.0427. The van der Waals surface area contributed by atoms with Crippen molar-refractivity contribution >= 4 is 0 Å². The predicted octanol–water partition coefficient (Wildman–Crippen LogP) is 2.85. The Hall–Kier alpha value is -0.0800. The van der Waals surface area contributed by atoms with E-state index in [1.807, 2.05) is 0 Å². The van der Waals surface area contributed by atoms with Crippen LogP contribution in [-0.4, -0.2) is 24.9 Å². The fourth-order valence-electron chi connectivity index (χ4n) is 3.00. The minimum atomic E-state index is -0.106. The van der Waals surface area contributed by atoms with E-state index in [0.717, 1.165) is 31.3 Å². The lowest BCUT2D eigenvalue weighted by Gasteiger charge is -2.34. The van der Waals surface area contributed by atoms with Crippen LogP contribution in [0.5, 0.6) is 0 Å². The third kappa shape index (κ3) is 4.52. The van der Waals surface area contributed by atoms with Crippen LogP contribution in [0.4, 0.5) is 0 Å². The van der Waals surface area contributed by atoms with Crippen molar-refractivity contribution in [3.05, 3.63) is 0 Å². The Bertz CT molecular complexity index is 160. The Balaban J connectivity index is 2.28. The molecule has 1 rings (SSSR count). The molecule has 0 aromatic heterocycles. The summed E-state index contributed by atoms with van der Waals surface area (Å²) in [5.41, 5.74) is 0. The molecule has 1 saturated carbocycles. The highest BCUT2D eigenvalue weighted by atomic mass is 16.5. The molecule has 0 radical (unpaired) electrons. The van der Waals surface area contributed by atoms with Gasteiger partial charge >= 0.3 is 0 Å². The third-order valence-electron chi connectivity index (χ3n) is 3.61. The van der Waals surface area contributed by atoms with Gasteiger partial charge in [0.15, 0.2) is 0 Å². The standard InChI is InChI=1S/C13H26O2/c1-10-7-11(2)9-12(8-10)13(14)5-4-6-15-3/h10-14H,4-9H2,1-3H3. The molecule has 15 heavy (non-hydrogen) atoms. The summed E-state index contributed by atoms with van der Waals surface area (Å²) in [6.07, 6.45) is 5.53. The first-order valence-corrected chi connectivity index (χ1v) is 6.30. The van der Waals surface area contributed by atoms with Gasteiger partial charge in [-0.2, -0.15) is 0 Å². The molecule has 90 valence electrons. The van der Waals surface area contributed by atoms with Gasteiger partial charge in [-0.1, -0.05) is 13.8 Å². The molecule has 0 aromatic carbocycles. The molecule has 0 spiro atoms. The maximum absolute atomic E-state index is 10.1. The highest BCUT2D eigenvalue weighted by Gasteiger charge is 2.28. The Kier molecular flexibility index (Phi) is 5.62. The summed E-state index contributed by atoms with van der Waals surface area (Å²) in [6.45, 7) is 5.39. The maximum Gasteiger partial charge on any atom is 0.0569 e. The van der Waals surface area contributed by atoms with Crippen LogP contribution in [0.2, 0.25) is 0 Å². The largest absolute Gasteiger partial charge is 0.393 e. The molecule has 1 fully saturated rings. The van der Waals surface area contributed by atoms with Gasteiger partial charge in [-0.15, -0.1) is 0 Å². The van der Waals surface area contributed by atoms with Crippen molar-refractivity contribution in [2.24, 2.45) is 17.8 Å². The summed E-state index contributed by atoms with van der Waals surface area (Å²) in [7, 11) is 1.72. The normalized spacial score (nSPS) is 34.0. The number of aliphatic hydroxyl groups is 1. The van der Waals surface area contributed by atoms with Gasteiger partial charge < -0.3 is 9.84 Å². The van der Waals surface area contributed by atoms with Crippen molar-refractivity contribution < 1.29 is 9.84 Å². The summed E-state index contributed by atoms with van der Waals surface area (Å²) in [5.74, 6) is 2.10. The minimum absolute atomic E-state index is 0.106. The van der Waals surface area contributed by atoms with Crippen LogP contribution in [0.3, 0.4) is 0 Å². The molecule has 0 heterocycles. The molecular weight excluding hydrogens is 188 g/mol. The van der Waals surface area contributed by atoms with Crippen LogP contribution in [0, 0.1) is 17.8 Å². The molecule has 3 atom stereocenters. The molecular formula is C13H26O2. The Morgan fingerprint density at radius 1 is 1.20 bits per heavy atom. The lowest BCUT2D eigenvalue weighted by Crippen LogP contribution is -2.29. The molecule has 0 aromatic rings. The van der Waals surface area contributed by atoms with Gasteiger partial charge in [-0.25, -0.2) is 0 Å². The maximum atomic E-state index is 10.1. The predicted molar refractivity (Wildman–Crippen MR) is 62.8 cm³/mol. The fraction of sp³-hybridized carbons (Fsp3) is 1.00. The molecule has 1 N–H and O–H groups in total. The van der Waals surface area contributed by atoms with Gasteiger partial charge in [0.1, 0.15) is 0 Å². The molecule has 1 aliphatic rings. The number of hydrogen-bond donors (Lipinski definition) is 1. The molecule has 0 bridgehead atoms. The molecule has 1 aliphatic carbocycles. The van der Waals surface area contributed by atoms with Crippen LogP contribution in [0.25, 0.3) is 0 Å². The minimum Gasteiger partial charge on any atom is -0.393 e. The van der Waals surface area contributed by atoms with Crippen molar-refractivity contribution in [2.75, 3.05) is 13.7 Å². The van der Waals surface area contributed by atoms with E-state index in [9.17, 15) is 5.11 Å². The number of methoxy groups -OCH3 is 1. The molecule has 2 nitrogen and oxygen atoms in total. The van der Waals surface area contributed by atoms with Crippen LogP contribution >= 0.6 is 0 Å². The van der Waals surface area contributed by atoms with Crippen molar-refractivity contribution in [2.45, 2.75) is 52.1 Å². The van der Waals surface area contributed by atoms with Crippen molar-refractivity contribution in [3.8, 4) is 0 Å². The van der Waals surface area contributed by atoms with Crippen LogP contribution in [0.15, 0.2) is 0 Å². The van der Waals surface area contributed by atoms with Gasteiger partial charge in [-0.3, -0.25) is 0 Å². The molecule has 0 saturated heterocycles. The quantitative estimate of drug-likeness (QED) is 0.713. The highest BCUT2D eigenvalue weighted by molar-refractivity contribution is 4.79. The van der Waals surface area contributed by atoms with E-state index >= 15 is 0 Å². The first kappa shape index (κ1) is 13.0. The van der Waals surface area contributed by atoms with Gasteiger partial charge in [0, 0.05) is 13.7 Å². The second-order valence-corrected chi connectivity index (χ2v) is 5.38. The average Bonchev–Trinajstić information content (AvgIpc) is 2.16. The third-order valence-corrected chi connectivity index (χ3v) is 3.61. The number of ether oxygens (including phenoxy) is 1. The topological polar surface area (TPSA) is 29.5 Å². The highest BCUT2D eigenvalue weighted by Crippen LogP contribution is 2.35. The number of aliphatic hydroxyl groups excluding tert-OH is 1. The fourth-order valence-corrected chi connectivity index (χ4v) is 3.00. The zero-order valence-electron chi connectivity index (χ0n) is 10.4. The molecule has 0 aliphatic heterocycles. The van der Waals surface area contributed by atoms with Gasteiger partial charge in [0.2, 0.25) is 0 Å². The second kappa shape index (κ2) is 6.49. The SMILES string of the molecule is COCCCC(O)C1CC(C)CC(C)C1. The Morgan fingerprint density at radius 2 is 1.80 bits per heavy atom. The summed E-state index contributed by atoms with van der Waals surface area (Å²) in [5, 5.41) is 10.1. The first-order valence-electron chi connectivity index (χ1n) is 6.30. The lowest BCUT2D eigenvalue weighted by atomic mass is 9.74. The summed E-state index contributed by atoms with van der Waals surface area (Å²) in [6, 6.07) is 0. The Morgan fingerprint density at radius 3 is 2.33 bits per heavy atom. The molecule has 2 heteroatoms. The zero-order chi connectivity index (χ0) is 11.3. The summed E-state index contributed by atoms with van der Waals surface area (Å²) >= 11 is 0. The van der Waals surface area contributed by atoms with E-state index in [-0.39, 0.29) is 6.10 Å². The monoisotopic (exact) mass is 214 g/mol. The second-order valence-electron chi connectivity index (χ2n) is 5.38. The summed E-state index contributed by atoms with van der Waals surface area (Å²) in [4.78, 5) is 0. The van der Waals surface area contributed by atoms with Crippen LogP contribution in [-0.2, 0) is 4.74 Å². The van der Waals surface area contributed by atoms with E-state index in [2.05, 4.69) is 13.8 Å².